The monoisotopic (exact) mass is 440 g/mol. The van der Waals surface area contributed by atoms with E-state index in [4.69, 9.17) is 0 Å². The summed E-state index contributed by atoms with van der Waals surface area (Å²) in [7, 11) is 0. The number of anilines is 1. The average Bonchev–Trinajstić information content (AvgIpc) is 3.23. The summed E-state index contributed by atoms with van der Waals surface area (Å²) < 4.78 is 38.9. The normalized spacial score (nSPS) is 12.4. The van der Waals surface area contributed by atoms with Crippen LogP contribution in [0.2, 0.25) is 0 Å². The molecular formula is C22H15F3N4OS. The third-order valence-corrected chi connectivity index (χ3v) is 5.46. The molecule has 4 aromatic rings. The predicted octanol–water partition coefficient (Wildman–Crippen LogP) is 5.39. The second kappa shape index (κ2) is 8.65. The van der Waals surface area contributed by atoms with Crippen molar-refractivity contribution in [2.75, 3.05) is 5.32 Å². The van der Waals surface area contributed by atoms with Crippen LogP contribution in [-0.4, -0.2) is 20.9 Å². The Morgan fingerprint density at radius 1 is 0.935 bits per heavy atom. The minimum atomic E-state index is -4.49. The molecule has 0 saturated carbocycles. The number of hydrogen-bond donors (Lipinski definition) is 1. The number of amides is 1. The maximum Gasteiger partial charge on any atom is 0.417 e. The number of pyridine rings is 2. The van der Waals surface area contributed by atoms with Gasteiger partial charge in [-0.3, -0.25) is 14.8 Å². The van der Waals surface area contributed by atoms with Crippen molar-refractivity contribution in [3.63, 3.8) is 0 Å². The summed E-state index contributed by atoms with van der Waals surface area (Å²) in [6.07, 6.45) is 2.28. The summed E-state index contributed by atoms with van der Waals surface area (Å²) >= 11 is 1.08. The Hall–Kier alpha value is -3.59. The third kappa shape index (κ3) is 4.77. The minimum Gasteiger partial charge on any atom is -0.301 e. The Morgan fingerprint density at radius 2 is 1.71 bits per heavy atom. The number of nitrogens with zero attached hydrogens (tertiary/aromatic N) is 3. The van der Waals surface area contributed by atoms with Gasteiger partial charge in [0, 0.05) is 36.5 Å². The third-order valence-electron chi connectivity index (χ3n) is 4.50. The molecule has 1 N–H and O–H groups in total. The van der Waals surface area contributed by atoms with Crippen LogP contribution in [0.25, 0.3) is 10.4 Å². The number of thiazole rings is 1. The molecule has 0 radical (unpaired) electrons. The first-order valence-corrected chi connectivity index (χ1v) is 9.97. The molecule has 156 valence electrons. The van der Waals surface area contributed by atoms with Gasteiger partial charge in [-0.05, 0) is 23.3 Å². The van der Waals surface area contributed by atoms with Crippen molar-refractivity contribution in [2.45, 2.75) is 12.1 Å². The molecule has 3 heterocycles. The molecular weight excluding hydrogens is 425 g/mol. The lowest BCUT2D eigenvalue weighted by atomic mass is 9.92. The summed E-state index contributed by atoms with van der Waals surface area (Å²) in [5.74, 6) is -0.931. The quantitative estimate of drug-likeness (QED) is 0.452. The minimum absolute atomic E-state index is 0.277. The number of alkyl halides is 3. The second-order valence-electron chi connectivity index (χ2n) is 6.61. The molecule has 9 heteroatoms. The summed E-state index contributed by atoms with van der Waals surface area (Å²) in [5, 5.41) is 3.05. The zero-order chi connectivity index (χ0) is 21.8. The van der Waals surface area contributed by atoms with E-state index in [0.717, 1.165) is 29.2 Å². The molecule has 0 aliphatic rings. The molecule has 1 aromatic carbocycles. The molecule has 5 nitrogen and oxygen atoms in total. The summed E-state index contributed by atoms with van der Waals surface area (Å²) in [4.78, 5) is 25.5. The lowest BCUT2D eigenvalue weighted by Gasteiger charge is -2.16. The van der Waals surface area contributed by atoms with Gasteiger partial charge in [0.05, 0.1) is 16.4 Å². The van der Waals surface area contributed by atoms with Crippen molar-refractivity contribution in [1.82, 2.24) is 15.0 Å². The van der Waals surface area contributed by atoms with Crippen LogP contribution in [0.1, 0.15) is 22.6 Å². The van der Waals surface area contributed by atoms with E-state index in [2.05, 4.69) is 20.3 Å². The van der Waals surface area contributed by atoms with E-state index in [9.17, 15) is 18.0 Å². The first-order chi connectivity index (χ1) is 14.9. The number of benzene rings is 1. The number of carbonyl (C=O) groups is 1. The van der Waals surface area contributed by atoms with Crippen LogP contribution in [0.3, 0.4) is 0 Å². The molecule has 4 rings (SSSR count). The van der Waals surface area contributed by atoms with Gasteiger partial charge in [-0.25, -0.2) is 4.98 Å². The molecule has 0 fully saturated rings. The molecule has 0 aliphatic heterocycles. The van der Waals surface area contributed by atoms with Crippen molar-refractivity contribution in [3.05, 3.63) is 96.2 Å². The first kappa shape index (κ1) is 20.7. The van der Waals surface area contributed by atoms with E-state index in [1.54, 1.807) is 18.5 Å². The van der Waals surface area contributed by atoms with Crippen LogP contribution in [0.15, 0.2) is 79.5 Å². The van der Waals surface area contributed by atoms with Crippen LogP contribution in [0.4, 0.5) is 18.3 Å². The van der Waals surface area contributed by atoms with Crippen LogP contribution < -0.4 is 5.32 Å². The Morgan fingerprint density at radius 3 is 2.42 bits per heavy atom. The number of nitrogens with one attached hydrogen (secondary N) is 1. The van der Waals surface area contributed by atoms with Gasteiger partial charge in [0.1, 0.15) is 0 Å². The van der Waals surface area contributed by atoms with E-state index in [-0.39, 0.29) is 16.6 Å². The number of hydrogen-bond acceptors (Lipinski definition) is 5. The molecule has 1 unspecified atom stereocenters. The highest BCUT2D eigenvalue weighted by Gasteiger charge is 2.31. The average molecular weight is 440 g/mol. The van der Waals surface area contributed by atoms with Crippen LogP contribution in [-0.2, 0) is 11.0 Å². The van der Waals surface area contributed by atoms with E-state index in [1.807, 2.05) is 36.4 Å². The van der Waals surface area contributed by atoms with Crippen LogP contribution in [0.5, 0.6) is 0 Å². The Labute approximate surface area is 179 Å². The van der Waals surface area contributed by atoms with E-state index < -0.39 is 17.7 Å². The van der Waals surface area contributed by atoms with Crippen molar-refractivity contribution < 1.29 is 18.0 Å². The van der Waals surface area contributed by atoms with Crippen molar-refractivity contribution in [1.29, 1.82) is 0 Å². The van der Waals surface area contributed by atoms with Gasteiger partial charge in [-0.1, -0.05) is 47.7 Å². The topological polar surface area (TPSA) is 67.8 Å². The van der Waals surface area contributed by atoms with E-state index in [0.29, 0.717) is 10.4 Å². The number of carbonyl (C=O) groups excluding carboxylic acids is 1. The van der Waals surface area contributed by atoms with Crippen molar-refractivity contribution in [2.24, 2.45) is 0 Å². The molecule has 0 bridgehead atoms. The molecule has 3 aromatic heterocycles. The second-order valence-corrected chi connectivity index (χ2v) is 7.64. The molecule has 1 atom stereocenters. The number of rotatable bonds is 5. The van der Waals surface area contributed by atoms with Gasteiger partial charge in [0.15, 0.2) is 5.13 Å². The maximum atomic E-state index is 13.1. The smallest absolute Gasteiger partial charge is 0.301 e. The SMILES string of the molecule is O=C(Nc1ncc(-c2cncc(C(F)(F)F)c2)s1)C(c1ccccc1)c1cccnc1. The van der Waals surface area contributed by atoms with Crippen molar-refractivity contribution >= 4 is 22.4 Å². The highest BCUT2D eigenvalue weighted by atomic mass is 32.1. The Bertz CT molecular complexity index is 1140. The highest BCUT2D eigenvalue weighted by molar-refractivity contribution is 7.19. The Balaban J connectivity index is 1.59. The first-order valence-electron chi connectivity index (χ1n) is 9.16. The van der Waals surface area contributed by atoms with Gasteiger partial charge < -0.3 is 5.32 Å². The van der Waals surface area contributed by atoms with Gasteiger partial charge in [-0.2, -0.15) is 13.2 Å². The number of aromatic nitrogens is 3. The number of halogens is 3. The molecule has 0 aliphatic carbocycles. The van der Waals surface area contributed by atoms with Crippen LogP contribution in [0, 0.1) is 0 Å². The highest BCUT2D eigenvalue weighted by Crippen LogP contribution is 2.34. The molecule has 31 heavy (non-hydrogen) atoms. The maximum absolute atomic E-state index is 13.1. The summed E-state index contributed by atoms with van der Waals surface area (Å²) in [6.45, 7) is 0. The summed E-state index contributed by atoms with van der Waals surface area (Å²) in [6, 6.07) is 13.8. The molecule has 0 saturated heterocycles. The fraction of sp³-hybridized carbons (Fsp3) is 0.0909. The van der Waals surface area contributed by atoms with E-state index in [1.165, 1.54) is 12.4 Å². The zero-order valence-electron chi connectivity index (χ0n) is 15.9. The lowest BCUT2D eigenvalue weighted by molar-refractivity contribution is -0.137. The summed E-state index contributed by atoms with van der Waals surface area (Å²) in [5.41, 5.74) is 0.932. The largest absolute Gasteiger partial charge is 0.417 e. The molecule has 0 spiro atoms. The lowest BCUT2D eigenvalue weighted by Crippen LogP contribution is -2.22. The van der Waals surface area contributed by atoms with Gasteiger partial charge in [-0.15, -0.1) is 0 Å². The van der Waals surface area contributed by atoms with Gasteiger partial charge >= 0.3 is 6.18 Å². The Kier molecular flexibility index (Phi) is 5.77. The van der Waals surface area contributed by atoms with E-state index >= 15 is 0 Å². The van der Waals surface area contributed by atoms with Crippen molar-refractivity contribution in [3.8, 4) is 10.4 Å². The standard InChI is InChI=1S/C22H15F3N4OS/c23-22(24,25)17-9-16(11-27-12-17)18-13-28-21(31-18)29-20(30)19(14-5-2-1-3-6-14)15-7-4-8-26-10-15/h1-13,19H,(H,28,29,30). The fourth-order valence-corrected chi connectivity index (χ4v) is 3.86. The predicted molar refractivity (Wildman–Crippen MR) is 111 cm³/mol. The van der Waals surface area contributed by atoms with Gasteiger partial charge in [0.25, 0.3) is 0 Å². The fourth-order valence-electron chi connectivity index (χ4n) is 3.06. The zero-order valence-corrected chi connectivity index (χ0v) is 16.7. The van der Waals surface area contributed by atoms with Crippen LogP contribution >= 0.6 is 11.3 Å². The van der Waals surface area contributed by atoms with Gasteiger partial charge in [0.2, 0.25) is 5.91 Å². The molecule has 1 amide bonds.